The maximum absolute atomic E-state index is 6.25. The highest BCUT2D eigenvalue weighted by Gasteiger charge is 2.41. The van der Waals surface area contributed by atoms with Gasteiger partial charge in [0.05, 0.1) is 11.7 Å². The van der Waals surface area contributed by atoms with Crippen LogP contribution in [0.2, 0.25) is 0 Å². The van der Waals surface area contributed by atoms with Crippen LogP contribution in [0, 0.1) is 0 Å². The molecule has 0 aromatic heterocycles. The lowest BCUT2D eigenvalue weighted by molar-refractivity contribution is -0.0384. The molecule has 1 aliphatic carbocycles. The molecule has 1 N–H and O–H groups in total. The third-order valence-corrected chi connectivity index (χ3v) is 3.92. The van der Waals surface area contributed by atoms with Crippen LogP contribution < -0.4 is 5.32 Å². The van der Waals surface area contributed by atoms with E-state index in [0.29, 0.717) is 11.7 Å². The SMILES string of the molecule is CCCNCCC1CCC2(CCCC2)O1. The molecule has 1 saturated carbocycles. The van der Waals surface area contributed by atoms with Gasteiger partial charge in [0.2, 0.25) is 0 Å². The van der Waals surface area contributed by atoms with Crippen LogP contribution in [0.25, 0.3) is 0 Å². The molecule has 0 bridgehead atoms. The van der Waals surface area contributed by atoms with Crippen molar-refractivity contribution in [2.45, 2.75) is 70.0 Å². The van der Waals surface area contributed by atoms with Gasteiger partial charge in [0.25, 0.3) is 0 Å². The molecule has 1 heterocycles. The van der Waals surface area contributed by atoms with Gasteiger partial charge in [-0.25, -0.2) is 0 Å². The Hall–Kier alpha value is -0.0800. The molecule has 0 radical (unpaired) electrons. The van der Waals surface area contributed by atoms with Crippen molar-refractivity contribution < 1.29 is 4.74 Å². The molecule has 1 unspecified atom stereocenters. The summed E-state index contributed by atoms with van der Waals surface area (Å²) in [6.07, 6.45) is 11.0. The first-order chi connectivity index (χ1) is 7.35. The topological polar surface area (TPSA) is 21.3 Å². The summed E-state index contributed by atoms with van der Waals surface area (Å²) in [5, 5.41) is 3.46. The van der Waals surface area contributed by atoms with Crippen molar-refractivity contribution in [3.05, 3.63) is 0 Å². The van der Waals surface area contributed by atoms with Gasteiger partial charge in [0, 0.05) is 0 Å². The monoisotopic (exact) mass is 211 g/mol. The molecule has 1 atom stereocenters. The third kappa shape index (κ3) is 2.94. The molecule has 2 nitrogen and oxygen atoms in total. The number of ether oxygens (including phenoxy) is 1. The minimum absolute atomic E-state index is 0.329. The standard InChI is InChI=1S/C13H25NO/c1-2-10-14-11-6-12-5-9-13(15-12)7-3-4-8-13/h12,14H,2-11H2,1H3. The van der Waals surface area contributed by atoms with Crippen LogP contribution in [0.1, 0.15) is 58.3 Å². The molecular weight excluding hydrogens is 186 g/mol. The zero-order valence-corrected chi connectivity index (χ0v) is 10.1. The van der Waals surface area contributed by atoms with Gasteiger partial charge >= 0.3 is 0 Å². The molecule has 1 saturated heterocycles. The summed E-state index contributed by atoms with van der Waals surface area (Å²) in [4.78, 5) is 0. The van der Waals surface area contributed by atoms with Crippen molar-refractivity contribution in [2.24, 2.45) is 0 Å². The average molecular weight is 211 g/mol. The summed E-state index contributed by atoms with van der Waals surface area (Å²) < 4.78 is 6.25. The van der Waals surface area contributed by atoms with E-state index in [1.165, 1.54) is 51.4 Å². The zero-order chi connectivity index (χ0) is 10.6. The first-order valence-corrected chi connectivity index (χ1v) is 6.73. The van der Waals surface area contributed by atoms with E-state index in [-0.39, 0.29) is 0 Å². The Morgan fingerprint density at radius 3 is 2.73 bits per heavy atom. The summed E-state index contributed by atoms with van der Waals surface area (Å²) in [6.45, 7) is 4.50. The molecule has 1 spiro atoms. The number of nitrogens with one attached hydrogen (secondary N) is 1. The molecular formula is C13H25NO. The van der Waals surface area contributed by atoms with Gasteiger partial charge in [-0.1, -0.05) is 19.8 Å². The van der Waals surface area contributed by atoms with Crippen LogP contribution in [0.15, 0.2) is 0 Å². The van der Waals surface area contributed by atoms with Gasteiger partial charge in [-0.3, -0.25) is 0 Å². The fourth-order valence-electron chi connectivity index (χ4n) is 3.05. The highest BCUT2D eigenvalue weighted by molar-refractivity contribution is 4.92. The third-order valence-electron chi connectivity index (χ3n) is 3.92. The molecule has 0 aromatic rings. The van der Waals surface area contributed by atoms with Crippen LogP contribution >= 0.6 is 0 Å². The van der Waals surface area contributed by atoms with E-state index >= 15 is 0 Å². The summed E-state index contributed by atoms with van der Waals surface area (Å²) >= 11 is 0. The minimum Gasteiger partial charge on any atom is -0.372 e. The first-order valence-electron chi connectivity index (χ1n) is 6.73. The van der Waals surface area contributed by atoms with Crippen molar-refractivity contribution in [1.82, 2.24) is 5.32 Å². The lowest BCUT2D eigenvalue weighted by atomic mass is 9.98. The fraction of sp³-hybridized carbons (Fsp3) is 1.00. The first kappa shape index (κ1) is 11.4. The van der Waals surface area contributed by atoms with E-state index in [4.69, 9.17) is 4.74 Å². The second kappa shape index (κ2) is 5.31. The predicted molar refractivity (Wildman–Crippen MR) is 63.1 cm³/mol. The summed E-state index contributed by atoms with van der Waals surface area (Å²) in [5.41, 5.74) is 0.329. The minimum atomic E-state index is 0.329. The maximum Gasteiger partial charge on any atom is 0.0687 e. The fourth-order valence-corrected chi connectivity index (χ4v) is 3.05. The van der Waals surface area contributed by atoms with Gasteiger partial charge in [-0.2, -0.15) is 0 Å². The number of rotatable bonds is 5. The second-order valence-electron chi connectivity index (χ2n) is 5.21. The number of hydrogen-bond acceptors (Lipinski definition) is 2. The van der Waals surface area contributed by atoms with Crippen molar-refractivity contribution >= 4 is 0 Å². The van der Waals surface area contributed by atoms with E-state index in [2.05, 4.69) is 12.2 Å². The van der Waals surface area contributed by atoms with E-state index in [1.807, 2.05) is 0 Å². The van der Waals surface area contributed by atoms with Crippen molar-refractivity contribution in [3.63, 3.8) is 0 Å². The normalized spacial score (nSPS) is 29.0. The van der Waals surface area contributed by atoms with Crippen molar-refractivity contribution in [1.29, 1.82) is 0 Å². The lowest BCUT2D eigenvalue weighted by Crippen LogP contribution is -2.27. The Balaban J connectivity index is 1.64. The Kier molecular flexibility index (Phi) is 4.04. The van der Waals surface area contributed by atoms with Gasteiger partial charge < -0.3 is 10.1 Å². The van der Waals surface area contributed by atoms with Crippen LogP contribution in [-0.2, 0) is 4.74 Å². The van der Waals surface area contributed by atoms with Crippen LogP contribution in [0.4, 0.5) is 0 Å². The molecule has 2 heteroatoms. The highest BCUT2D eigenvalue weighted by Crippen LogP contribution is 2.43. The van der Waals surface area contributed by atoms with Gasteiger partial charge in [-0.05, 0) is 51.6 Å². The summed E-state index contributed by atoms with van der Waals surface area (Å²) in [5.74, 6) is 0. The molecule has 1 aliphatic heterocycles. The Morgan fingerprint density at radius 2 is 2.00 bits per heavy atom. The average Bonchev–Trinajstić information content (AvgIpc) is 2.85. The largest absolute Gasteiger partial charge is 0.372 e. The van der Waals surface area contributed by atoms with Gasteiger partial charge in [0.15, 0.2) is 0 Å². The Labute approximate surface area is 93.8 Å². The van der Waals surface area contributed by atoms with Crippen LogP contribution in [-0.4, -0.2) is 24.8 Å². The molecule has 2 rings (SSSR count). The highest BCUT2D eigenvalue weighted by atomic mass is 16.5. The molecule has 0 amide bonds. The quantitative estimate of drug-likeness (QED) is 0.706. The summed E-state index contributed by atoms with van der Waals surface area (Å²) in [6, 6.07) is 0. The number of hydrogen-bond donors (Lipinski definition) is 1. The van der Waals surface area contributed by atoms with Gasteiger partial charge in [-0.15, -0.1) is 0 Å². The van der Waals surface area contributed by atoms with Crippen LogP contribution in [0.3, 0.4) is 0 Å². The molecule has 0 aromatic carbocycles. The Morgan fingerprint density at radius 1 is 1.20 bits per heavy atom. The van der Waals surface area contributed by atoms with E-state index in [1.54, 1.807) is 0 Å². The Bertz CT molecular complexity index is 187. The zero-order valence-electron chi connectivity index (χ0n) is 10.1. The predicted octanol–water partition coefficient (Wildman–Crippen LogP) is 2.87. The lowest BCUT2D eigenvalue weighted by Gasteiger charge is -2.23. The molecule has 2 fully saturated rings. The van der Waals surface area contributed by atoms with E-state index in [9.17, 15) is 0 Å². The van der Waals surface area contributed by atoms with Crippen molar-refractivity contribution in [2.75, 3.05) is 13.1 Å². The second-order valence-corrected chi connectivity index (χ2v) is 5.21. The van der Waals surface area contributed by atoms with Crippen molar-refractivity contribution in [3.8, 4) is 0 Å². The van der Waals surface area contributed by atoms with Crippen LogP contribution in [0.5, 0.6) is 0 Å². The molecule has 15 heavy (non-hydrogen) atoms. The smallest absolute Gasteiger partial charge is 0.0687 e. The summed E-state index contributed by atoms with van der Waals surface area (Å²) in [7, 11) is 0. The molecule has 2 aliphatic rings. The maximum atomic E-state index is 6.25. The molecule has 88 valence electrons. The van der Waals surface area contributed by atoms with E-state index in [0.717, 1.165) is 13.1 Å². The van der Waals surface area contributed by atoms with Gasteiger partial charge in [0.1, 0.15) is 0 Å². The van der Waals surface area contributed by atoms with E-state index < -0.39 is 0 Å².